The van der Waals surface area contributed by atoms with Gasteiger partial charge in [0.15, 0.2) is 6.61 Å². The predicted molar refractivity (Wildman–Crippen MR) is 102 cm³/mol. The molecule has 1 aromatic heterocycles. The largest absolute Gasteiger partial charge is 0.484 e. The minimum Gasteiger partial charge on any atom is -0.484 e. The van der Waals surface area contributed by atoms with Gasteiger partial charge in [-0.25, -0.2) is 0 Å². The van der Waals surface area contributed by atoms with Crippen LogP contribution in [0.1, 0.15) is 10.5 Å². The number of halogens is 1. The van der Waals surface area contributed by atoms with Crippen LogP contribution in [0.3, 0.4) is 0 Å². The Morgan fingerprint density at radius 1 is 1.12 bits per heavy atom. The highest BCUT2D eigenvalue weighted by Gasteiger charge is 2.10. The van der Waals surface area contributed by atoms with Crippen LogP contribution < -0.4 is 10.1 Å². The number of aromatic amines is 1. The molecule has 0 saturated carbocycles. The van der Waals surface area contributed by atoms with Crippen LogP contribution in [-0.2, 0) is 4.79 Å². The number of fused-ring (bicyclic) bond motifs is 1. The molecule has 0 unspecified atom stereocenters. The third-order valence-corrected chi connectivity index (χ3v) is 4.04. The molecule has 7 heteroatoms. The van der Waals surface area contributed by atoms with E-state index >= 15 is 0 Å². The lowest BCUT2D eigenvalue weighted by atomic mass is 10.2. The van der Waals surface area contributed by atoms with Gasteiger partial charge in [-0.3, -0.25) is 9.59 Å². The van der Waals surface area contributed by atoms with E-state index in [1.165, 1.54) is 4.90 Å². The molecule has 3 aromatic rings. The Kier molecular flexibility index (Phi) is 5.14. The molecule has 0 atom stereocenters. The molecule has 1 heterocycles. The molecular formula is C19H18ClN3O3. The van der Waals surface area contributed by atoms with E-state index in [0.717, 1.165) is 10.9 Å². The lowest BCUT2D eigenvalue weighted by Gasteiger charge is -2.11. The summed E-state index contributed by atoms with van der Waals surface area (Å²) in [5.74, 6) is 0.175. The van der Waals surface area contributed by atoms with Gasteiger partial charge in [0, 0.05) is 35.7 Å². The number of anilines is 1. The van der Waals surface area contributed by atoms with Gasteiger partial charge < -0.3 is 19.9 Å². The molecule has 2 aromatic carbocycles. The highest BCUT2D eigenvalue weighted by molar-refractivity contribution is 6.31. The van der Waals surface area contributed by atoms with Crippen LogP contribution in [0.25, 0.3) is 10.9 Å². The smallest absolute Gasteiger partial charge is 0.272 e. The van der Waals surface area contributed by atoms with Crippen molar-refractivity contribution >= 4 is 40.0 Å². The van der Waals surface area contributed by atoms with E-state index in [2.05, 4.69) is 10.3 Å². The first-order valence-electron chi connectivity index (χ1n) is 7.95. The number of nitrogens with zero attached hydrogens (tertiary/aromatic N) is 1. The van der Waals surface area contributed by atoms with Gasteiger partial charge in [-0.05, 0) is 48.5 Å². The van der Waals surface area contributed by atoms with E-state index in [9.17, 15) is 9.59 Å². The SMILES string of the molecule is CN(C)C(=O)COc1ccc(NC(=O)c2cc3cc(Cl)ccc3[nH]2)cc1. The lowest BCUT2D eigenvalue weighted by Crippen LogP contribution is -2.27. The summed E-state index contributed by atoms with van der Waals surface area (Å²) >= 11 is 5.96. The summed E-state index contributed by atoms with van der Waals surface area (Å²) in [7, 11) is 3.34. The zero-order valence-corrected chi connectivity index (χ0v) is 15.1. The second-order valence-corrected chi connectivity index (χ2v) is 6.41. The first kappa shape index (κ1) is 17.8. The Morgan fingerprint density at radius 2 is 1.85 bits per heavy atom. The average molecular weight is 372 g/mol. The zero-order valence-electron chi connectivity index (χ0n) is 14.4. The Labute approximate surface area is 155 Å². The van der Waals surface area contributed by atoms with Gasteiger partial charge in [0.2, 0.25) is 0 Å². The molecule has 6 nitrogen and oxygen atoms in total. The molecule has 0 spiro atoms. The number of carbonyl (C=O) groups excluding carboxylic acids is 2. The van der Waals surface area contributed by atoms with Crippen molar-refractivity contribution in [3.8, 4) is 5.75 Å². The Balaban J connectivity index is 1.64. The van der Waals surface area contributed by atoms with Crippen molar-refractivity contribution in [2.45, 2.75) is 0 Å². The Hall–Kier alpha value is -2.99. The highest BCUT2D eigenvalue weighted by Crippen LogP contribution is 2.21. The van der Waals surface area contributed by atoms with E-state index in [1.807, 2.05) is 6.07 Å². The molecular weight excluding hydrogens is 354 g/mol. The summed E-state index contributed by atoms with van der Waals surface area (Å²) in [6, 6.07) is 14.0. The summed E-state index contributed by atoms with van der Waals surface area (Å²) in [4.78, 5) is 28.4. The third kappa shape index (κ3) is 4.15. The number of amides is 2. The zero-order chi connectivity index (χ0) is 18.7. The van der Waals surface area contributed by atoms with E-state index < -0.39 is 0 Å². The molecule has 26 heavy (non-hydrogen) atoms. The molecule has 134 valence electrons. The van der Waals surface area contributed by atoms with E-state index in [0.29, 0.717) is 22.2 Å². The number of aromatic nitrogens is 1. The maximum Gasteiger partial charge on any atom is 0.272 e. The van der Waals surface area contributed by atoms with Crippen molar-refractivity contribution in [1.82, 2.24) is 9.88 Å². The summed E-state index contributed by atoms with van der Waals surface area (Å²) in [5, 5.41) is 4.30. The molecule has 0 aliphatic heterocycles. The van der Waals surface area contributed by atoms with Crippen LogP contribution in [-0.4, -0.2) is 42.4 Å². The van der Waals surface area contributed by atoms with E-state index in [-0.39, 0.29) is 18.4 Å². The number of ether oxygens (including phenoxy) is 1. The number of nitrogens with one attached hydrogen (secondary N) is 2. The van der Waals surface area contributed by atoms with Crippen LogP contribution in [0.2, 0.25) is 5.02 Å². The Bertz CT molecular complexity index is 948. The van der Waals surface area contributed by atoms with Crippen molar-refractivity contribution < 1.29 is 14.3 Å². The van der Waals surface area contributed by atoms with Crippen molar-refractivity contribution in [2.75, 3.05) is 26.0 Å². The fourth-order valence-corrected chi connectivity index (χ4v) is 2.51. The topological polar surface area (TPSA) is 74.4 Å². The summed E-state index contributed by atoms with van der Waals surface area (Å²) in [6.07, 6.45) is 0. The molecule has 0 bridgehead atoms. The van der Waals surface area contributed by atoms with Crippen LogP contribution in [0, 0.1) is 0 Å². The molecule has 0 fully saturated rings. The molecule has 2 amide bonds. The van der Waals surface area contributed by atoms with Crippen LogP contribution in [0.15, 0.2) is 48.5 Å². The molecule has 0 aliphatic carbocycles. The standard InChI is InChI=1S/C19H18ClN3O3/c1-23(2)18(24)11-26-15-6-4-14(5-7-15)21-19(25)17-10-12-9-13(20)3-8-16(12)22-17/h3-10,22H,11H2,1-2H3,(H,21,25). The summed E-state index contributed by atoms with van der Waals surface area (Å²) in [6.45, 7) is -0.0314. The van der Waals surface area contributed by atoms with E-state index in [1.54, 1.807) is 56.6 Å². The Morgan fingerprint density at radius 3 is 2.54 bits per heavy atom. The fraction of sp³-hybridized carbons (Fsp3) is 0.158. The molecule has 0 saturated heterocycles. The number of hydrogen-bond donors (Lipinski definition) is 2. The summed E-state index contributed by atoms with van der Waals surface area (Å²) < 4.78 is 5.40. The van der Waals surface area contributed by atoms with Gasteiger partial charge in [-0.1, -0.05) is 11.6 Å². The number of benzene rings is 2. The monoisotopic (exact) mass is 371 g/mol. The number of likely N-dealkylation sites (N-methyl/N-ethyl adjacent to an activating group) is 1. The van der Waals surface area contributed by atoms with Crippen molar-refractivity contribution in [2.24, 2.45) is 0 Å². The van der Waals surface area contributed by atoms with Gasteiger partial charge in [0.05, 0.1) is 0 Å². The number of carbonyl (C=O) groups is 2. The van der Waals surface area contributed by atoms with Crippen LogP contribution in [0.5, 0.6) is 5.75 Å². The highest BCUT2D eigenvalue weighted by atomic mass is 35.5. The van der Waals surface area contributed by atoms with Gasteiger partial charge in [-0.2, -0.15) is 0 Å². The minimum atomic E-state index is -0.256. The van der Waals surface area contributed by atoms with Gasteiger partial charge in [0.1, 0.15) is 11.4 Å². The minimum absolute atomic E-state index is 0.0314. The number of hydrogen-bond acceptors (Lipinski definition) is 3. The third-order valence-electron chi connectivity index (χ3n) is 3.80. The second kappa shape index (κ2) is 7.49. The summed E-state index contributed by atoms with van der Waals surface area (Å²) in [5.41, 5.74) is 1.91. The second-order valence-electron chi connectivity index (χ2n) is 5.97. The van der Waals surface area contributed by atoms with Gasteiger partial charge in [0.25, 0.3) is 11.8 Å². The van der Waals surface area contributed by atoms with Gasteiger partial charge in [-0.15, -0.1) is 0 Å². The van der Waals surface area contributed by atoms with Crippen LogP contribution >= 0.6 is 11.6 Å². The first-order chi connectivity index (χ1) is 12.4. The first-order valence-corrected chi connectivity index (χ1v) is 8.33. The molecule has 0 aliphatic rings. The maximum atomic E-state index is 12.4. The fourth-order valence-electron chi connectivity index (χ4n) is 2.33. The van der Waals surface area contributed by atoms with Crippen LogP contribution in [0.4, 0.5) is 5.69 Å². The quantitative estimate of drug-likeness (QED) is 0.720. The number of H-pyrrole nitrogens is 1. The molecule has 2 N–H and O–H groups in total. The van der Waals surface area contributed by atoms with Crippen molar-refractivity contribution in [3.05, 3.63) is 59.2 Å². The average Bonchev–Trinajstić information content (AvgIpc) is 3.04. The predicted octanol–water partition coefficient (Wildman–Crippen LogP) is 3.54. The van der Waals surface area contributed by atoms with Crippen molar-refractivity contribution in [1.29, 1.82) is 0 Å². The number of rotatable bonds is 5. The van der Waals surface area contributed by atoms with E-state index in [4.69, 9.17) is 16.3 Å². The maximum absolute atomic E-state index is 12.4. The lowest BCUT2D eigenvalue weighted by molar-refractivity contribution is -0.130. The molecule has 3 rings (SSSR count). The van der Waals surface area contributed by atoms with Crippen molar-refractivity contribution in [3.63, 3.8) is 0 Å². The van der Waals surface area contributed by atoms with Gasteiger partial charge >= 0.3 is 0 Å². The normalized spacial score (nSPS) is 10.6. The molecule has 0 radical (unpaired) electrons.